The van der Waals surface area contributed by atoms with Gasteiger partial charge in [0.15, 0.2) is 0 Å². The summed E-state index contributed by atoms with van der Waals surface area (Å²) in [4.78, 5) is 3.58. The summed E-state index contributed by atoms with van der Waals surface area (Å²) in [5.74, 6) is 1.08. The molecule has 2 rings (SSSR count). The first kappa shape index (κ1) is 12.2. The lowest BCUT2D eigenvalue weighted by molar-refractivity contribution is 0.415. The van der Waals surface area contributed by atoms with Crippen molar-refractivity contribution in [2.75, 3.05) is 12.8 Å². The lowest BCUT2D eigenvalue weighted by atomic mass is 10.2. The molecule has 0 saturated carbocycles. The maximum absolute atomic E-state index is 13.0. The summed E-state index contributed by atoms with van der Waals surface area (Å²) in [5, 5.41) is 0. The van der Waals surface area contributed by atoms with E-state index < -0.39 is 5.95 Å². The Bertz CT molecular complexity index is 573. The predicted molar refractivity (Wildman–Crippen MR) is 66.4 cm³/mol. The zero-order valence-electron chi connectivity index (χ0n) is 10.1. The second kappa shape index (κ2) is 4.91. The van der Waals surface area contributed by atoms with Gasteiger partial charge in [0, 0.05) is 11.6 Å². The molecule has 5 heteroatoms. The molecule has 1 aromatic carbocycles. The number of anilines is 1. The Morgan fingerprint density at radius 2 is 2.00 bits per heavy atom. The molecule has 18 heavy (non-hydrogen) atoms. The zero-order chi connectivity index (χ0) is 13.1. The highest BCUT2D eigenvalue weighted by Gasteiger charge is 2.05. The summed E-state index contributed by atoms with van der Waals surface area (Å²) in [6, 6.07) is 6.63. The van der Waals surface area contributed by atoms with E-state index in [4.69, 9.17) is 15.2 Å². The Kier molecular flexibility index (Phi) is 3.32. The quantitative estimate of drug-likeness (QED) is 0.670. The number of nitrogens with two attached hydrogens (primary N) is 1. The Morgan fingerprint density at radius 1 is 1.22 bits per heavy atom. The molecule has 2 aromatic rings. The summed E-state index contributed by atoms with van der Waals surface area (Å²) in [7, 11) is 1.54. The van der Waals surface area contributed by atoms with E-state index in [0.29, 0.717) is 28.5 Å². The van der Waals surface area contributed by atoms with Crippen molar-refractivity contribution >= 4 is 5.69 Å². The monoisotopic (exact) mass is 248 g/mol. The fourth-order valence-electron chi connectivity index (χ4n) is 1.50. The molecular weight excluding hydrogens is 235 g/mol. The number of hydrogen-bond acceptors (Lipinski definition) is 4. The van der Waals surface area contributed by atoms with Gasteiger partial charge >= 0.3 is 0 Å². The molecule has 1 heterocycles. The van der Waals surface area contributed by atoms with Gasteiger partial charge in [0.1, 0.15) is 17.2 Å². The largest absolute Gasteiger partial charge is 0.495 e. The molecule has 0 fully saturated rings. The number of nitrogen functional groups attached to an aromatic ring is 1. The van der Waals surface area contributed by atoms with Gasteiger partial charge in [-0.1, -0.05) is 0 Å². The number of pyridine rings is 1. The van der Waals surface area contributed by atoms with Gasteiger partial charge in [-0.3, -0.25) is 0 Å². The van der Waals surface area contributed by atoms with Crippen LogP contribution < -0.4 is 15.2 Å². The van der Waals surface area contributed by atoms with E-state index in [0.717, 1.165) is 0 Å². The first-order valence-corrected chi connectivity index (χ1v) is 5.33. The number of methoxy groups -OCH3 is 1. The van der Waals surface area contributed by atoms with Gasteiger partial charge < -0.3 is 15.2 Å². The van der Waals surface area contributed by atoms with Crippen LogP contribution in [0.4, 0.5) is 10.1 Å². The van der Waals surface area contributed by atoms with E-state index in [1.165, 1.54) is 6.20 Å². The Morgan fingerprint density at radius 3 is 2.61 bits per heavy atom. The molecule has 0 saturated heterocycles. The first-order valence-electron chi connectivity index (χ1n) is 5.33. The average molecular weight is 248 g/mol. The van der Waals surface area contributed by atoms with Crippen LogP contribution in [0.3, 0.4) is 0 Å². The molecule has 0 unspecified atom stereocenters. The molecule has 0 bridgehead atoms. The highest BCUT2D eigenvalue weighted by Crippen LogP contribution is 2.29. The number of halogens is 1. The molecule has 1 aromatic heterocycles. The normalized spacial score (nSPS) is 10.2. The number of aryl methyl sites for hydroxylation is 1. The number of hydrogen-bond donors (Lipinski definition) is 1. The SMILES string of the molecule is COc1ccc(Oc2cnc(F)c(C)c2)cc1N. The van der Waals surface area contributed by atoms with Crippen molar-refractivity contribution in [3.8, 4) is 17.2 Å². The molecule has 0 radical (unpaired) electrons. The van der Waals surface area contributed by atoms with Crippen molar-refractivity contribution in [1.29, 1.82) is 0 Å². The van der Waals surface area contributed by atoms with Crippen LogP contribution in [0.1, 0.15) is 5.56 Å². The summed E-state index contributed by atoms with van der Waals surface area (Å²) in [6.07, 6.45) is 1.32. The van der Waals surface area contributed by atoms with E-state index in [2.05, 4.69) is 4.98 Å². The highest BCUT2D eigenvalue weighted by molar-refractivity contribution is 5.56. The van der Waals surface area contributed by atoms with Crippen LogP contribution in [-0.4, -0.2) is 12.1 Å². The van der Waals surface area contributed by atoms with E-state index >= 15 is 0 Å². The number of benzene rings is 1. The third kappa shape index (κ3) is 2.51. The van der Waals surface area contributed by atoms with Crippen molar-refractivity contribution in [2.45, 2.75) is 6.92 Å². The molecule has 0 spiro atoms. The zero-order valence-corrected chi connectivity index (χ0v) is 10.1. The van der Waals surface area contributed by atoms with Gasteiger partial charge in [-0.2, -0.15) is 4.39 Å². The van der Waals surface area contributed by atoms with Crippen molar-refractivity contribution in [1.82, 2.24) is 4.98 Å². The Hall–Kier alpha value is -2.30. The molecule has 0 atom stereocenters. The maximum Gasteiger partial charge on any atom is 0.215 e. The van der Waals surface area contributed by atoms with E-state index in [-0.39, 0.29) is 0 Å². The summed E-state index contributed by atoms with van der Waals surface area (Å²) < 4.78 is 23.6. The molecule has 0 aliphatic heterocycles. The van der Waals surface area contributed by atoms with Gasteiger partial charge in [-0.25, -0.2) is 4.98 Å². The van der Waals surface area contributed by atoms with E-state index in [1.807, 2.05) is 0 Å². The Labute approximate surface area is 104 Å². The van der Waals surface area contributed by atoms with Crippen LogP contribution in [-0.2, 0) is 0 Å². The minimum Gasteiger partial charge on any atom is -0.495 e. The molecule has 94 valence electrons. The first-order chi connectivity index (χ1) is 8.60. The summed E-state index contributed by atoms with van der Waals surface area (Å²) >= 11 is 0. The molecule has 2 N–H and O–H groups in total. The van der Waals surface area contributed by atoms with Gasteiger partial charge in [0.2, 0.25) is 5.95 Å². The van der Waals surface area contributed by atoms with Crippen LogP contribution in [0.25, 0.3) is 0 Å². The minimum absolute atomic E-state index is 0.425. The third-order valence-corrected chi connectivity index (χ3v) is 2.43. The Balaban J connectivity index is 2.23. The lowest BCUT2D eigenvalue weighted by Gasteiger charge is -2.09. The molecule has 0 aliphatic rings. The van der Waals surface area contributed by atoms with Crippen molar-refractivity contribution in [3.05, 3.63) is 42.0 Å². The smallest absolute Gasteiger partial charge is 0.215 e. The molecule has 4 nitrogen and oxygen atoms in total. The number of ether oxygens (including phenoxy) is 2. The van der Waals surface area contributed by atoms with Gasteiger partial charge in [0.25, 0.3) is 0 Å². The van der Waals surface area contributed by atoms with Crippen molar-refractivity contribution < 1.29 is 13.9 Å². The lowest BCUT2D eigenvalue weighted by Crippen LogP contribution is -1.94. The fraction of sp³-hybridized carbons (Fsp3) is 0.154. The van der Waals surface area contributed by atoms with E-state index in [1.54, 1.807) is 38.3 Å². The van der Waals surface area contributed by atoms with Crippen LogP contribution in [0.5, 0.6) is 17.2 Å². The predicted octanol–water partition coefficient (Wildman–Crippen LogP) is 2.91. The van der Waals surface area contributed by atoms with Gasteiger partial charge in [-0.15, -0.1) is 0 Å². The van der Waals surface area contributed by atoms with Crippen LogP contribution in [0.2, 0.25) is 0 Å². The summed E-state index contributed by atoms with van der Waals surface area (Å²) in [5.41, 5.74) is 6.66. The van der Waals surface area contributed by atoms with Crippen molar-refractivity contribution in [3.63, 3.8) is 0 Å². The second-order valence-electron chi connectivity index (χ2n) is 3.78. The summed E-state index contributed by atoms with van der Waals surface area (Å²) in [6.45, 7) is 1.62. The molecule has 0 aliphatic carbocycles. The standard InChI is InChI=1S/C13H13FN2O2/c1-8-5-10(7-16-13(8)14)18-9-3-4-12(17-2)11(15)6-9/h3-7H,15H2,1-2H3. The van der Waals surface area contributed by atoms with Crippen molar-refractivity contribution in [2.24, 2.45) is 0 Å². The second-order valence-corrected chi connectivity index (χ2v) is 3.78. The molecular formula is C13H13FN2O2. The average Bonchev–Trinajstić information content (AvgIpc) is 2.34. The highest BCUT2D eigenvalue weighted by atomic mass is 19.1. The fourth-order valence-corrected chi connectivity index (χ4v) is 1.50. The number of nitrogens with zero attached hydrogens (tertiary/aromatic N) is 1. The van der Waals surface area contributed by atoms with Crippen LogP contribution >= 0.6 is 0 Å². The molecule has 0 amide bonds. The van der Waals surface area contributed by atoms with Crippen LogP contribution in [0, 0.1) is 12.9 Å². The maximum atomic E-state index is 13.0. The topological polar surface area (TPSA) is 57.4 Å². The minimum atomic E-state index is -0.503. The number of aromatic nitrogens is 1. The third-order valence-electron chi connectivity index (χ3n) is 2.43. The van der Waals surface area contributed by atoms with Gasteiger partial charge in [0.05, 0.1) is 19.0 Å². The van der Waals surface area contributed by atoms with E-state index in [9.17, 15) is 4.39 Å². The van der Waals surface area contributed by atoms with Gasteiger partial charge in [-0.05, 0) is 25.1 Å². The number of rotatable bonds is 3. The van der Waals surface area contributed by atoms with Crippen LogP contribution in [0.15, 0.2) is 30.5 Å².